The van der Waals surface area contributed by atoms with Crippen molar-refractivity contribution < 1.29 is 9.90 Å². The molecule has 0 saturated heterocycles. The van der Waals surface area contributed by atoms with Crippen LogP contribution in [0.2, 0.25) is 0 Å². The lowest BCUT2D eigenvalue weighted by Crippen LogP contribution is -2.47. The van der Waals surface area contributed by atoms with Gasteiger partial charge >= 0.3 is 0 Å². The maximum absolute atomic E-state index is 13.4. The van der Waals surface area contributed by atoms with Gasteiger partial charge in [-0.25, -0.2) is 0 Å². The van der Waals surface area contributed by atoms with Gasteiger partial charge < -0.3 is 5.11 Å². The van der Waals surface area contributed by atoms with Gasteiger partial charge in [-0.15, -0.1) is 10.2 Å². The molecule has 0 aromatic carbocycles. The zero-order chi connectivity index (χ0) is 22.4. The standard InChI is InChI=1S/C25H42N4O2/c1-6-7-20-19(18-8-11-24(4,31)12-9-18)10-13-25(5)21(14-16(2)23(20)25)22(30)15-29-27-17(3)26-28-29/h16,18-21,23,31H,6-15H2,1-5H3/t16-,18?,19?,20-,21-,23?,24?,25-/m1/s1. The molecule has 6 nitrogen and oxygen atoms in total. The molecule has 1 N–H and O–H groups in total. The van der Waals surface area contributed by atoms with Gasteiger partial charge in [-0.3, -0.25) is 4.79 Å². The minimum absolute atomic E-state index is 0.0859. The van der Waals surface area contributed by atoms with Crippen molar-refractivity contribution in [3.05, 3.63) is 5.82 Å². The molecule has 0 bridgehead atoms. The molecule has 0 radical (unpaired) electrons. The number of aliphatic hydroxyl groups is 1. The highest BCUT2D eigenvalue weighted by Gasteiger charge is 2.59. The van der Waals surface area contributed by atoms with Crippen LogP contribution in [-0.2, 0) is 11.3 Å². The molecule has 0 aliphatic heterocycles. The van der Waals surface area contributed by atoms with Gasteiger partial charge in [0.15, 0.2) is 11.6 Å². The average molecular weight is 431 g/mol. The first kappa shape index (κ1) is 22.9. The Bertz CT molecular complexity index is 780. The van der Waals surface area contributed by atoms with E-state index >= 15 is 0 Å². The Morgan fingerprint density at radius 2 is 1.90 bits per heavy atom. The van der Waals surface area contributed by atoms with E-state index in [1.54, 1.807) is 0 Å². The lowest BCUT2D eigenvalue weighted by atomic mass is 9.52. The minimum atomic E-state index is -0.466. The third kappa shape index (κ3) is 4.34. The summed E-state index contributed by atoms with van der Waals surface area (Å²) < 4.78 is 0. The molecule has 0 spiro atoms. The Kier molecular flexibility index (Phi) is 6.32. The van der Waals surface area contributed by atoms with Gasteiger partial charge in [0.25, 0.3) is 0 Å². The number of fused-ring (bicyclic) bond motifs is 1. The number of ketones is 1. The van der Waals surface area contributed by atoms with Crippen molar-refractivity contribution in [3.63, 3.8) is 0 Å². The molecule has 4 rings (SSSR count). The predicted molar refractivity (Wildman–Crippen MR) is 120 cm³/mol. The average Bonchev–Trinajstić information content (AvgIpc) is 3.23. The van der Waals surface area contributed by atoms with Crippen LogP contribution in [0.25, 0.3) is 0 Å². The van der Waals surface area contributed by atoms with Crippen molar-refractivity contribution in [2.75, 3.05) is 0 Å². The number of tetrazole rings is 1. The summed E-state index contributed by atoms with van der Waals surface area (Å²) in [6, 6.07) is 0. The summed E-state index contributed by atoms with van der Waals surface area (Å²) >= 11 is 0. The van der Waals surface area contributed by atoms with Crippen molar-refractivity contribution in [2.24, 2.45) is 40.9 Å². The van der Waals surface area contributed by atoms with Gasteiger partial charge in [0.05, 0.1) is 5.60 Å². The number of aromatic nitrogens is 4. The van der Waals surface area contributed by atoms with E-state index in [0.717, 1.165) is 50.4 Å². The summed E-state index contributed by atoms with van der Waals surface area (Å²) in [5.41, 5.74) is -0.380. The fraction of sp³-hybridized carbons (Fsp3) is 0.920. The second-order valence-electron chi connectivity index (χ2n) is 11.6. The fourth-order valence-electron chi connectivity index (χ4n) is 8.02. The van der Waals surface area contributed by atoms with Gasteiger partial charge in [0, 0.05) is 5.92 Å². The van der Waals surface area contributed by atoms with E-state index in [-0.39, 0.29) is 23.7 Å². The topological polar surface area (TPSA) is 80.9 Å². The second-order valence-corrected chi connectivity index (χ2v) is 11.6. The molecule has 2 unspecified atom stereocenters. The van der Waals surface area contributed by atoms with E-state index in [1.165, 1.54) is 24.1 Å². The molecular weight excluding hydrogens is 388 g/mol. The van der Waals surface area contributed by atoms with Gasteiger partial charge in [-0.1, -0.05) is 33.6 Å². The van der Waals surface area contributed by atoms with Crippen LogP contribution in [0, 0.1) is 47.8 Å². The third-order valence-electron chi connectivity index (χ3n) is 9.38. The Morgan fingerprint density at radius 1 is 1.19 bits per heavy atom. The molecular formula is C25H42N4O2. The zero-order valence-electron chi connectivity index (χ0n) is 20.2. The molecule has 31 heavy (non-hydrogen) atoms. The first-order chi connectivity index (χ1) is 14.6. The quantitative estimate of drug-likeness (QED) is 0.713. The minimum Gasteiger partial charge on any atom is -0.390 e. The summed E-state index contributed by atoms with van der Waals surface area (Å²) in [7, 11) is 0. The van der Waals surface area contributed by atoms with Gasteiger partial charge in [-0.05, 0) is 99.0 Å². The van der Waals surface area contributed by atoms with Crippen LogP contribution in [-0.4, -0.2) is 36.7 Å². The van der Waals surface area contributed by atoms with E-state index in [0.29, 0.717) is 23.6 Å². The Morgan fingerprint density at radius 3 is 2.52 bits per heavy atom. The van der Waals surface area contributed by atoms with Gasteiger partial charge in [0.2, 0.25) is 0 Å². The van der Waals surface area contributed by atoms with E-state index in [4.69, 9.17) is 0 Å². The maximum Gasteiger partial charge on any atom is 0.171 e. The van der Waals surface area contributed by atoms with Crippen LogP contribution < -0.4 is 0 Å². The van der Waals surface area contributed by atoms with Crippen molar-refractivity contribution in [2.45, 2.75) is 105 Å². The lowest BCUT2D eigenvalue weighted by molar-refractivity contribution is -0.130. The number of hydrogen-bond donors (Lipinski definition) is 1. The van der Waals surface area contributed by atoms with Crippen LogP contribution in [0.4, 0.5) is 0 Å². The maximum atomic E-state index is 13.4. The van der Waals surface area contributed by atoms with Gasteiger partial charge in [0.1, 0.15) is 6.54 Å². The second kappa shape index (κ2) is 8.57. The normalized spacial score (nSPS) is 43.0. The van der Waals surface area contributed by atoms with Gasteiger partial charge in [-0.2, -0.15) is 4.80 Å². The Labute approximate surface area is 187 Å². The first-order valence-corrected chi connectivity index (χ1v) is 12.6. The van der Waals surface area contributed by atoms with Crippen molar-refractivity contribution in [1.29, 1.82) is 0 Å². The van der Waals surface area contributed by atoms with Crippen molar-refractivity contribution in [3.8, 4) is 0 Å². The fourth-order valence-corrected chi connectivity index (χ4v) is 8.02. The van der Waals surface area contributed by atoms with Crippen LogP contribution in [0.15, 0.2) is 0 Å². The highest BCUT2D eigenvalue weighted by molar-refractivity contribution is 5.82. The largest absolute Gasteiger partial charge is 0.390 e. The van der Waals surface area contributed by atoms with Crippen molar-refractivity contribution >= 4 is 5.78 Å². The molecule has 1 aromatic heterocycles. The number of aryl methyl sites for hydroxylation is 1. The highest BCUT2D eigenvalue weighted by atomic mass is 16.3. The van der Waals surface area contributed by atoms with Crippen LogP contribution in [0.5, 0.6) is 0 Å². The van der Waals surface area contributed by atoms with E-state index in [9.17, 15) is 9.90 Å². The molecule has 3 aliphatic carbocycles. The number of hydrogen-bond acceptors (Lipinski definition) is 5. The Hall–Kier alpha value is -1.30. The van der Waals surface area contributed by atoms with Crippen molar-refractivity contribution in [1.82, 2.24) is 20.2 Å². The number of carbonyl (C=O) groups is 1. The SMILES string of the molecule is CCC[C@@H]1C(C2CCC(C)(O)CC2)CC[C@@]2(C)C1[C@H](C)C[C@@H]2C(=O)Cn1nnc(C)n1. The third-order valence-corrected chi connectivity index (χ3v) is 9.38. The number of rotatable bonds is 6. The lowest BCUT2D eigenvalue weighted by Gasteiger charge is -2.52. The van der Waals surface area contributed by atoms with Crippen LogP contribution in [0.3, 0.4) is 0 Å². The molecule has 3 aliphatic rings. The van der Waals surface area contributed by atoms with Crippen LogP contribution >= 0.6 is 0 Å². The Balaban J connectivity index is 1.53. The number of carbonyl (C=O) groups excluding carboxylic acids is 1. The summed E-state index contributed by atoms with van der Waals surface area (Å²) in [5.74, 6) is 4.41. The zero-order valence-corrected chi connectivity index (χ0v) is 20.2. The van der Waals surface area contributed by atoms with E-state index in [2.05, 4.69) is 36.2 Å². The summed E-state index contributed by atoms with van der Waals surface area (Å²) in [6.07, 6.45) is 10.1. The summed E-state index contributed by atoms with van der Waals surface area (Å²) in [6.45, 7) is 11.2. The summed E-state index contributed by atoms with van der Waals surface area (Å²) in [4.78, 5) is 14.9. The number of nitrogens with zero attached hydrogens (tertiary/aromatic N) is 4. The van der Waals surface area contributed by atoms with E-state index < -0.39 is 5.60 Å². The highest BCUT2D eigenvalue weighted by Crippen LogP contribution is 2.64. The smallest absolute Gasteiger partial charge is 0.171 e. The molecule has 3 saturated carbocycles. The molecule has 1 heterocycles. The predicted octanol–water partition coefficient (Wildman–Crippen LogP) is 4.60. The molecule has 6 heteroatoms. The number of Topliss-reactive ketones (excluding diaryl/α,β-unsaturated/α-hetero) is 1. The molecule has 6 atom stereocenters. The van der Waals surface area contributed by atoms with Crippen LogP contribution in [0.1, 0.15) is 91.3 Å². The summed E-state index contributed by atoms with van der Waals surface area (Å²) in [5, 5.41) is 22.7. The molecule has 0 amide bonds. The molecule has 1 aromatic rings. The molecule has 174 valence electrons. The van der Waals surface area contributed by atoms with E-state index in [1.807, 2.05) is 13.8 Å². The molecule has 3 fully saturated rings. The first-order valence-electron chi connectivity index (χ1n) is 12.6. The monoisotopic (exact) mass is 430 g/mol.